The van der Waals surface area contributed by atoms with Crippen LogP contribution in [0.2, 0.25) is 0 Å². The first kappa shape index (κ1) is 17.7. The van der Waals surface area contributed by atoms with E-state index in [0.29, 0.717) is 13.0 Å². The summed E-state index contributed by atoms with van der Waals surface area (Å²) < 4.78 is 5.52. The van der Waals surface area contributed by atoms with Gasteiger partial charge in [-0.1, -0.05) is 50.3 Å². The maximum absolute atomic E-state index is 12.4. The number of carbonyl (C=O) groups is 1. The fraction of sp³-hybridized carbons (Fsp3) is 0.348. The first-order chi connectivity index (χ1) is 13.0. The number of anilines is 1. The van der Waals surface area contributed by atoms with Gasteiger partial charge in [0.15, 0.2) is 0 Å². The summed E-state index contributed by atoms with van der Waals surface area (Å²) in [5.74, 6) is 0.970. The highest BCUT2D eigenvalue weighted by Gasteiger charge is 2.57. The Kier molecular flexibility index (Phi) is 4.22. The predicted molar refractivity (Wildman–Crippen MR) is 109 cm³/mol. The van der Waals surface area contributed by atoms with E-state index in [2.05, 4.69) is 60.5 Å². The number of rotatable bonds is 4. The second kappa shape index (κ2) is 6.45. The fourth-order valence-corrected chi connectivity index (χ4v) is 4.38. The lowest BCUT2D eigenvalue weighted by Gasteiger charge is -2.49. The van der Waals surface area contributed by atoms with Gasteiger partial charge in [0.05, 0.1) is 6.61 Å². The van der Waals surface area contributed by atoms with E-state index in [0.717, 1.165) is 17.9 Å². The Bertz CT molecular complexity index is 886. The molecule has 1 unspecified atom stereocenters. The number of fused-ring (bicyclic) bond motifs is 3. The van der Waals surface area contributed by atoms with Gasteiger partial charge in [0.25, 0.3) is 0 Å². The van der Waals surface area contributed by atoms with Crippen molar-refractivity contribution in [3.8, 4) is 5.75 Å². The molecule has 1 amide bonds. The van der Waals surface area contributed by atoms with Gasteiger partial charge in [0, 0.05) is 24.1 Å². The molecule has 1 N–H and O–H groups in total. The van der Waals surface area contributed by atoms with Crippen LogP contribution in [0.25, 0.3) is 6.08 Å². The molecule has 0 aliphatic carbocycles. The van der Waals surface area contributed by atoms with Crippen LogP contribution in [0, 0.1) is 0 Å². The van der Waals surface area contributed by atoms with Crippen molar-refractivity contribution in [3.63, 3.8) is 0 Å². The molecule has 1 saturated heterocycles. The summed E-state index contributed by atoms with van der Waals surface area (Å²) in [6, 6.07) is 16.5. The van der Waals surface area contributed by atoms with Gasteiger partial charge in [-0.05, 0) is 42.3 Å². The van der Waals surface area contributed by atoms with Gasteiger partial charge in [-0.25, -0.2) is 0 Å². The van der Waals surface area contributed by atoms with Crippen molar-refractivity contribution in [1.29, 1.82) is 0 Å². The van der Waals surface area contributed by atoms with Crippen LogP contribution >= 0.6 is 0 Å². The minimum Gasteiger partial charge on any atom is -0.494 e. The quantitative estimate of drug-likeness (QED) is 0.890. The standard InChI is InChI=1S/C23H26N2O2/c1-4-27-18-11-9-17(10-12-18)13-15-23-22(2,3)19-7-5-6-8-20(19)25(23)16-14-21(26)24-23/h5-13,15H,4,14,16H2,1-3H3,(H,24,26)/b15-13+. The molecule has 2 aliphatic heterocycles. The van der Waals surface area contributed by atoms with Crippen molar-refractivity contribution in [2.45, 2.75) is 38.3 Å². The van der Waals surface area contributed by atoms with Gasteiger partial charge in [-0.2, -0.15) is 0 Å². The molecule has 0 aromatic heterocycles. The molecule has 2 heterocycles. The van der Waals surface area contributed by atoms with E-state index < -0.39 is 5.66 Å². The number of para-hydroxylation sites is 1. The van der Waals surface area contributed by atoms with E-state index in [4.69, 9.17) is 4.74 Å². The van der Waals surface area contributed by atoms with E-state index in [9.17, 15) is 4.79 Å². The zero-order valence-corrected chi connectivity index (χ0v) is 16.2. The smallest absolute Gasteiger partial charge is 0.223 e. The Labute approximate surface area is 160 Å². The van der Waals surface area contributed by atoms with Gasteiger partial charge in [-0.15, -0.1) is 0 Å². The molecule has 4 heteroatoms. The van der Waals surface area contributed by atoms with Gasteiger partial charge in [0.1, 0.15) is 11.4 Å². The number of nitrogens with one attached hydrogen (secondary N) is 1. The average molecular weight is 362 g/mol. The zero-order chi connectivity index (χ0) is 19.1. The summed E-state index contributed by atoms with van der Waals surface area (Å²) >= 11 is 0. The van der Waals surface area contributed by atoms with E-state index >= 15 is 0 Å². The second-order valence-electron chi connectivity index (χ2n) is 7.69. The highest BCUT2D eigenvalue weighted by Crippen LogP contribution is 2.52. The van der Waals surface area contributed by atoms with Crippen LogP contribution in [-0.2, 0) is 10.2 Å². The third-order valence-corrected chi connectivity index (χ3v) is 5.85. The molecule has 2 aromatic carbocycles. The van der Waals surface area contributed by atoms with Crippen LogP contribution in [0.15, 0.2) is 54.6 Å². The van der Waals surface area contributed by atoms with Crippen molar-refractivity contribution in [2.75, 3.05) is 18.1 Å². The first-order valence-electron chi connectivity index (χ1n) is 9.58. The summed E-state index contributed by atoms with van der Waals surface area (Å²) in [6.07, 6.45) is 4.77. The maximum Gasteiger partial charge on any atom is 0.223 e. The summed E-state index contributed by atoms with van der Waals surface area (Å²) in [5.41, 5.74) is 2.74. The fourth-order valence-electron chi connectivity index (χ4n) is 4.38. The summed E-state index contributed by atoms with van der Waals surface area (Å²) in [6.45, 7) is 7.78. The van der Waals surface area contributed by atoms with Gasteiger partial charge >= 0.3 is 0 Å². The molecular weight excluding hydrogens is 336 g/mol. The molecule has 2 aliphatic rings. The second-order valence-corrected chi connectivity index (χ2v) is 7.69. The number of benzene rings is 2. The monoisotopic (exact) mass is 362 g/mol. The van der Waals surface area contributed by atoms with Crippen LogP contribution < -0.4 is 15.0 Å². The number of hydrogen-bond acceptors (Lipinski definition) is 3. The van der Waals surface area contributed by atoms with Crippen molar-refractivity contribution < 1.29 is 9.53 Å². The van der Waals surface area contributed by atoms with E-state index in [1.165, 1.54) is 11.3 Å². The lowest BCUT2D eigenvalue weighted by molar-refractivity contribution is -0.124. The Hall–Kier alpha value is -2.75. The molecule has 0 radical (unpaired) electrons. The highest BCUT2D eigenvalue weighted by atomic mass is 16.5. The number of carbonyl (C=O) groups excluding carboxylic acids is 1. The van der Waals surface area contributed by atoms with Crippen LogP contribution in [0.1, 0.15) is 38.3 Å². The van der Waals surface area contributed by atoms with Crippen LogP contribution in [0.4, 0.5) is 5.69 Å². The van der Waals surface area contributed by atoms with Crippen LogP contribution in [0.3, 0.4) is 0 Å². The van der Waals surface area contributed by atoms with Gasteiger partial charge in [-0.3, -0.25) is 4.79 Å². The summed E-state index contributed by atoms with van der Waals surface area (Å²) in [5, 5.41) is 3.31. The Balaban J connectivity index is 1.74. The molecule has 1 fully saturated rings. The molecule has 4 nitrogen and oxygen atoms in total. The van der Waals surface area contributed by atoms with Crippen LogP contribution in [0.5, 0.6) is 5.75 Å². The average Bonchev–Trinajstić information content (AvgIpc) is 2.86. The molecule has 2 aromatic rings. The van der Waals surface area contributed by atoms with Crippen molar-refractivity contribution in [1.82, 2.24) is 5.32 Å². The summed E-state index contributed by atoms with van der Waals surface area (Å²) in [4.78, 5) is 14.7. The van der Waals surface area contributed by atoms with Crippen molar-refractivity contribution in [2.24, 2.45) is 0 Å². The predicted octanol–water partition coefficient (Wildman–Crippen LogP) is 4.11. The zero-order valence-electron chi connectivity index (χ0n) is 16.2. The molecule has 140 valence electrons. The maximum atomic E-state index is 12.4. The number of ether oxygens (including phenoxy) is 1. The lowest BCUT2D eigenvalue weighted by atomic mass is 9.74. The molecule has 27 heavy (non-hydrogen) atoms. The molecule has 0 bridgehead atoms. The van der Waals surface area contributed by atoms with Gasteiger partial charge < -0.3 is 15.0 Å². The molecule has 4 rings (SSSR count). The minimum atomic E-state index is -0.565. The minimum absolute atomic E-state index is 0.100. The number of amides is 1. The third-order valence-electron chi connectivity index (χ3n) is 5.85. The van der Waals surface area contributed by atoms with E-state index in [1.54, 1.807) is 0 Å². The lowest BCUT2D eigenvalue weighted by Crippen LogP contribution is -2.68. The van der Waals surface area contributed by atoms with Crippen molar-refractivity contribution >= 4 is 17.7 Å². The first-order valence-corrected chi connectivity index (χ1v) is 9.58. The molecule has 1 atom stereocenters. The SMILES string of the molecule is CCOc1ccc(/C=C/C23NC(=O)CCN2c2ccccc2C3(C)C)cc1. The number of nitrogens with zero attached hydrogens (tertiary/aromatic N) is 1. The van der Waals surface area contributed by atoms with Gasteiger partial charge in [0.2, 0.25) is 5.91 Å². The molecular formula is C23H26N2O2. The van der Waals surface area contributed by atoms with E-state index in [1.807, 2.05) is 31.2 Å². The Morgan fingerprint density at radius 3 is 2.63 bits per heavy atom. The number of hydrogen-bond donors (Lipinski definition) is 1. The summed E-state index contributed by atoms with van der Waals surface area (Å²) in [7, 11) is 0. The van der Waals surface area contributed by atoms with Crippen LogP contribution in [-0.4, -0.2) is 24.7 Å². The Morgan fingerprint density at radius 2 is 1.89 bits per heavy atom. The molecule has 0 spiro atoms. The Morgan fingerprint density at radius 1 is 1.15 bits per heavy atom. The third kappa shape index (κ3) is 2.71. The largest absolute Gasteiger partial charge is 0.494 e. The van der Waals surface area contributed by atoms with E-state index in [-0.39, 0.29) is 11.3 Å². The molecule has 0 saturated carbocycles. The normalized spacial score (nSPS) is 23.1. The highest BCUT2D eigenvalue weighted by molar-refractivity contribution is 5.84. The topological polar surface area (TPSA) is 41.6 Å². The van der Waals surface area contributed by atoms with Crippen molar-refractivity contribution in [3.05, 3.63) is 65.7 Å².